The van der Waals surface area contributed by atoms with Crippen LogP contribution < -0.4 is 11.1 Å². The van der Waals surface area contributed by atoms with Gasteiger partial charge in [0.05, 0.1) is 0 Å². The van der Waals surface area contributed by atoms with E-state index in [2.05, 4.69) is 24.2 Å². The molecule has 17 heavy (non-hydrogen) atoms. The van der Waals surface area contributed by atoms with Gasteiger partial charge in [-0.1, -0.05) is 6.92 Å². The molecule has 0 aromatic heterocycles. The van der Waals surface area contributed by atoms with E-state index in [0.717, 1.165) is 24.9 Å². The van der Waals surface area contributed by atoms with Crippen molar-refractivity contribution in [3.8, 4) is 0 Å². The Bertz CT molecular complexity index is 240. The molecule has 0 bridgehead atoms. The van der Waals surface area contributed by atoms with Crippen molar-refractivity contribution >= 4 is 0 Å². The monoisotopic (exact) mass is 239 g/mol. The van der Waals surface area contributed by atoms with Gasteiger partial charge < -0.3 is 16.0 Å². The molecular formula is C14H29N3. The summed E-state index contributed by atoms with van der Waals surface area (Å²) in [5, 5.41) is 3.81. The Morgan fingerprint density at radius 3 is 2.76 bits per heavy atom. The van der Waals surface area contributed by atoms with Gasteiger partial charge in [-0.05, 0) is 70.6 Å². The summed E-state index contributed by atoms with van der Waals surface area (Å²) in [6.07, 6.45) is 6.61. The number of nitrogens with one attached hydrogen (secondary N) is 1. The maximum Gasteiger partial charge on any atom is 0.0316 e. The lowest BCUT2D eigenvalue weighted by Gasteiger charge is -2.34. The van der Waals surface area contributed by atoms with Crippen molar-refractivity contribution in [1.82, 2.24) is 10.2 Å². The van der Waals surface area contributed by atoms with Crippen LogP contribution in [-0.4, -0.2) is 43.7 Å². The summed E-state index contributed by atoms with van der Waals surface area (Å²) in [5.74, 6) is 1.82. The van der Waals surface area contributed by atoms with E-state index in [1.54, 1.807) is 0 Å². The van der Waals surface area contributed by atoms with Gasteiger partial charge in [-0.15, -0.1) is 0 Å². The molecule has 2 unspecified atom stereocenters. The van der Waals surface area contributed by atoms with E-state index in [9.17, 15) is 0 Å². The zero-order chi connectivity index (χ0) is 12.3. The fourth-order valence-corrected chi connectivity index (χ4v) is 2.99. The molecule has 0 aromatic rings. The SMILES string of the molecule is CC(CNC1(CN)CCCN(C)CC1)C1CC1. The molecular weight excluding hydrogens is 210 g/mol. The van der Waals surface area contributed by atoms with E-state index in [4.69, 9.17) is 5.73 Å². The van der Waals surface area contributed by atoms with Crippen LogP contribution in [0, 0.1) is 11.8 Å². The molecule has 1 aliphatic carbocycles. The van der Waals surface area contributed by atoms with Gasteiger partial charge in [-0.2, -0.15) is 0 Å². The summed E-state index contributed by atoms with van der Waals surface area (Å²) >= 11 is 0. The first-order valence-electron chi connectivity index (χ1n) is 7.29. The second kappa shape index (κ2) is 5.68. The van der Waals surface area contributed by atoms with Gasteiger partial charge in [0.2, 0.25) is 0 Å². The Balaban J connectivity index is 1.84. The van der Waals surface area contributed by atoms with E-state index in [1.807, 2.05) is 0 Å². The van der Waals surface area contributed by atoms with Crippen LogP contribution in [0.15, 0.2) is 0 Å². The number of nitrogens with two attached hydrogens (primary N) is 1. The first kappa shape index (κ1) is 13.3. The van der Waals surface area contributed by atoms with E-state index < -0.39 is 0 Å². The minimum Gasteiger partial charge on any atom is -0.329 e. The lowest BCUT2D eigenvalue weighted by molar-refractivity contribution is 0.263. The summed E-state index contributed by atoms with van der Waals surface area (Å²) in [5.41, 5.74) is 6.27. The standard InChI is InChI=1S/C14H29N3/c1-12(13-4-5-13)10-16-14(11-15)6-3-8-17(2)9-7-14/h12-13,16H,3-11,15H2,1-2H3. The third kappa shape index (κ3) is 3.67. The quantitative estimate of drug-likeness (QED) is 0.763. The van der Waals surface area contributed by atoms with Crippen molar-refractivity contribution in [2.24, 2.45) is 17.6 Å². The normalized spacial score (nSPS) is 33.4. The summed E-state index contributed by atoms with van der Waals surface area (Å²) in [4.78, 5) is 2.43. The highest BCUT2D eigenvalue weighted by Gasteiger charge is 2.33. The molecule has 100 valence electrons. The van der Waals surface area contributed by atoms with Crippen molar-refractivity contribution in [2.45, 2.75) is 44.6 Å². The Labute approximate surface area is 106 Å². The number of rotatable bonds is 5. The molecule has 3 nitrogen and oxygen atoms in total. The van der Waals surface area contributed by atoms with E-state index in [-0.39, 0.29) is 5.54 Å². The Morgan fingerprint density at radius 2 is 2.12 bits per heavy atom. The third-order valence-electron chi connectivity index (χ3n) is 4.78. The van der Waals surface area contributed by atoms with Crippen molar-refractivity contribution in [1.29, 1.82) is 0 Å². The minimum absolute atomic E-state index is 0.216. The highest BCUT2D eigenvalue weighted by atomic mass is 15.1. The molecule has 3 heteroatoms. The summed E-state index contributed by atoms with van der Waals surface area (Å²) in [6, 6.07) is 0. The van der Waals surface area contributed by atoms with Gasteiger partial charge >= 0.3 is 0 Å². The number of nitrogens with zero attached hydrogens (tertiary/aromatic N) is 1. The van der Waals surface area contributed by atoms with Crippen LogP contribution in [0.4, 0.5) is 0 Å². The van der Waals surface area contributed by atoms with Crippen molar-refractivity contribution in [3.63, 3.8) is 0 Å². The van der Waals surface area contributed by atoms with Gasteiger partial charge in [0.25, 0.3) is 0 Å². The summed E-state index contributed by atoms with van der Waals surface area (Å²) in [6.45, 7) is 6.74. The molecule has 1 heterocycles. The second-order valence-corrected chi connectivity index (χ2v) is 6.34. The van der Waals surface area contributed by atoms with Crippen LogP contribution in [0.5, 0.6) is 0 Å². The molecule has 1 saturated carbocycles. The van der Waals surface area contributed by atoms with Gasteiger partial charge in [0.15, 0.2) is 0 Å². The average molecular weight is 239 g/mol. The molecule has 0 radical (unpaired) electrons. The molecule has 0 amide bonds. The largest absolute Gasteiger partial charge is 0.329 e. The average Bonchev–Trinajstić information content (AvgIpc) is 3.15. The first-order chi connectivity index (χ1) is 8.15. The molecule has 1 saturated heterocycles. The maximum absolute atomic E-state index is 6.05. The van der Waals surface area contributed by atoms with Gasteiger partial charge in [-0.25, -0.2) is 0 Å². The van der Waals surface area contributed by atoms with Crippen molar-refractivity contribution in [2.75, 3.05) is 33.2 Å². The highest BCUT2D eigenvalue weighted by Crippen LogP contribution is 2.36. The van der Waals surface area contributed by atoms with Crippen LogP contribution in [0.25, 0.3) is 0 Å². The third-order valence-corrected chi connectivity index (χ3v) is 4.78. The summed E-state index contributed by atoms with van der Waals surface area (Å²) in [7, 11) is 2.22. The maximum atomic E-state index is 6.05. The van der Waals surface area contributed by atoms with Crippen LogP contribution in [0.3, 0.4) is 0 Å². The van der Waals surface area contributed by atoms with Crippen LogP contribution in [-0.2, 0) is 0 Å². The molecule has 3 N–H and O–H groups in total. The molecule has 0 aromatic carbocycles. The van der Waals surface area contributed by atoms with Crippen molar-refractivity contribution in [3.05, 3.63) is 0 Å². The fourth-order valence-electron chi connectivity index (χ4n) is 2.99. The Kier molecular flexibility index (Phi) is 4.45. The van der Waals surface area contributed by atoms with E-state index >= 15 is 0 Å². The van der Waals surface area contributed by atoms with Crippen LogP contribution in [0.1, 0.15) is 39.0 Å². The van der Waals surface area contributed by atoms with Gasteiger partial charge in [0.1, 0.15) is 0 Å². The van der Waals surface area contributed by atoms with Crippen molar-refractivity contribution < 1.29 is 0 Å². The van der Waals surface area contributed by atoms with Crippen LogP contribution in [0.2, 0.25) is 0 Å². The molecule has 2 atom stereocenters. The molecule has 2 aliphatic rings. The van der Waals surface area contributed by atoms with Crippen LogP contribution >= 0.6 is 0 Å². The molecule has 2 fully saturated rings. The number of likely N-dealkylation sites (tertiary alicyclic amines) is 1. The fraction of sp³-hybridized carbons (Fsp3) is 1.00. The lowest BCUT2D eigenvalue weighted by Crippen LogP contribution is -2.53. The number of hydrogen-bond donors (Lipinski definition) is 2. The zero-order valence-corrected chi connectivity index (χ0v) is 11.5. The first-order valence-corrected chi connectivity index (χ1v) is 7.29. The minimum atomic E-state index is 0.216. The predicted molar refractivity (Wildman–Crippen MR) is 73.0 cm³/mol. The topological polar surface area (TPSA) is 41.3 Å². The zero-order valence-electron chi connectivity index (χ0n) is 11.5. The number of hydrogen-bond acceptors (Lipinski definition) is 3. The second-order valence-electron chi connectivity index (χ2n) is 6.34. The predicted octanol–water partition coefficient (Wildman–Crippen LogP) is 1.44. The van der Waals surface area contributed by atoms with Gasteiger partial charge in [-0.3, -0.25) is 0 Å². The lowest BCUT2D eigenvalue weighted by atomic mass is 9.89. The van der Waals surface area contributed by atoms with E-state index in [1.165, 1.54) is 45.2 Å². The van der Waals surface area contributed by atoms with E-state index in [0.29, 0.717) is 0 Å². The smallest absolute Gasteiger partial charge is 0.0316 e. The molecule has 2 rings (SSSR count). The molecule has 1 aliphatic heterocycles. The van der Waals surface area contributed by atoms with Gasteiger partial charge in [0, 0.05) is 12.1 Å². The summed E-state index contributed by atoms with van der Waals surface area (Å²) < 4.78 is 0. The Morgan fingerprint density at radius 1 is 1.35 bits per heavy atom. The highest BCUT2D eigenvalue weighted by molar-refractivity contribution is 4.93. The molecule has 0 spiro atoms. The Hall–Kier alpha value is -0.120.